The quantitative estimate of drug-likeness (QED) is 0.635. The molecule has 0 atom stereocenters. The lowest BCUT2D eigenvalue weighted by Gasteiger charge is -1.90. The van der Waals surface area contributed by atoms with Crippen molar-refractivity contribution < 1.29 is 4.39 Å². The summed E-state index contributed by atoms with van der Waals surface area (Å²) in [6.07, 6.45) is 0. The van der Waals surface area contributed by atoms with Crippen LogP contribution in [0.2, 0.25) is 0 Å². The molecule has 3 heteroatoms. The topological polar surface area (TPSA) is 4.93 Å². The Labute approximate surface area is 71.8 Å². The first-order valence-electron chi connectivity index (χ1n) is 3.21. The lowest BCUT2D eigenvalue weighted by Crippen LogP contribution is -1.80. The van der Waals surface area contributed by atoms with Crippen LogP contribution in [0.15, 0.2) is 30.3 Å². The molecular weight excluding hydrogens is 209 g/mol. The van der Waals surface area contributed by atoms with E-state index in [-0.39, 0.29) is 5.95 Å². The molecule has 0 saturated carbocycles. The molecule has 1 heterocycles. The number of fused-ring (bicyclic) bond motifs is 1. The maximum absolute atomic E-state index is 12.8. The molecule has 1 nitrogen and oxygen atoms in total. The number of hydrogen-bond acceptors (Lipinski definition) is 0. The highest BCUT2D eigenvalue weighted by atomic mass is 79.9. The van der Waals surface area contributed by atoms with E-state index >= 15 is 0 Å². The van der Waals surface area contributed by atoms with E-state index in [2.05, 4.69) is 16.1 Å². The second kappa shape index (κ2) is 2.34. The fraction of sp³-hybridized carbons (Fsp3) is 0. The summed E-state index contributed by atoms with van der Waals surface area (Å²) in [6.45, 7) is 0. The predicted octanol–water partition coefficient (Wildman–Crippen LogP) is 2.94. The first-order chi connectivity index (χ1) is 5.29. The summed E-state index contributed by atoms with van der Waals surface area (Å²) in [7, 11) is 0. The van der Waals surface area contributed by atoms with Crippen LogP contribution in [0.5, 0.6) is 0 Å². The second-order valence-electron chi connectivity index (χ2n) is 2.31. The molecular formula is C8H5BrFN. The molecule has 0 unspecified atom stereocenters. The van der Waals surface area contributed by atoms with Crippen LogP contribution in [0.25, 0.3) is 10.9 Å². The van der Waals surface area contributed by atoms with Crippen molar-refractivity contribution >= 4 is 27.1 Å². The van der Waals surface area contributed by atoms with Crippen LogP contribution >= 0.6 is 16.1 Å². The molecule has 1 aromatic carbocycles. The Balaban J connectivity index is 2.92. The average molecular weight is 214 g/mol. The second-order valence-corrected chi connectivity index (χ2v) is 3.02. The van der Waals surface area contributed by atoms with Crippen molar-refractivity contribution in [1.29, 1.82) is 0 Å². The summed E-state index contributed by atoms with van der Waals surface area (Å²) in [5.74, 6) is -0.272. The van der Waals surface area contributed by atoms with Gasteiger partial charge in [-0.15, -0.1) is 0 Å². The largest absolute Gasteiger partial charge is 0.252 e. The van der Waals surface area contributed by atoms with Crippen LogP contribution in [0.4, 0.5) is 4.39 Å². The summed E-state index contributed by atoms with van der Waals surface area (Å²) in [5, 5.41) is 0.905. The van der Waals surface area contributed by atoms with Crippen LogP contribution in [-0.4, -0.2) is 3.59 Å². The molecule has 0 bridgehead atoms. The van der Waals surface area contributed by atoms with Crippen LogP contribution in [0.3, 0.4) is 0 Å². The van der Waals surface area contributed by atoms with Crippen molar-refractivity contribution in [3.05, 3.63) is 36.3 Å². The Kier molecular flexibility index (Phi) is 1.46. The Morgan fingerprint density at radius 1 is 1.27 bits per heavy atom. The first kappa shape index (κ1) is 6.85. The first-order valence-corrected chi connectivity index (χ1v) is 3.92. The third-order valence-corrected chi connectivity index (χ3v) is 2.33. The number of aromatic nitrogens is 1. The van der Waals surface area contributed by atoms with Crippen molar-refractivity contribution in [3.63, 3.8) is 0 Å². The number of nitrogens with zero attached hydrogens (tertiary/aromatic N) is 1. The van der Waals surface area contributed by atoms with Gasteiger partial charge in [-0.05, 0) is 6.07 Å². The molecule has 2 aromatic rings. The highest BCUT2D eigenvalue weighted by Gasteiger charge is 2.03. The fourth-order valence-corrected chi connectivity index (χ4v) is 1.51. The zero-order valence-corrected chi connectivity index (χ0v) is 7.18. The van der Waals surface area contributed by atoms with E-state index in [4.69, 9.17) is 0 Å². The Morgan fingerprint density at radius 3 is 2.73 bits per heavy atom. The number of para-hydroxylation sites is 1. The lowest BCUT2D eigenvalue weighted by molar-refractivity contribution is 0.586. The molecule has 0 saturated heterocycles. The molecule has 0 fully saturated rings. The molecule has 1 aromatic heterocycles. The number of halogens is 2. The Morgan fingerprint density at radius 2 is 2.00 bits per heavy atom. The number of benzene rings is 1. The maximum Gasteiger partial charge on any atom is 0.204 e. The van der Waals surface area contributed by atoms with E-state index < -0.39 is 0 Å². The molecule has 0 radical (unpaired) electrons. The maximum atomic E-state index is 12.8. The summed E-state index contributed by atoms with van der Waals surface area (Å²) in [5.41, 5.74) is 0.852. The van der Waals surface area contributed by atoms with Gasteiger partial charge in [0.05, 0.1) is 21.7 Å². The fourth-order valence-electron chi connectivity index (χ4n) is 1.09. The van der Waals surface area contributed by atoms with Crippen LogP contribution in [-0.2, 0) is 0 Å². The van der Waals surface area contributed by atoms with E-state index in [0.717, 1.165) is 10.9 Å². The summed E-state index contributed by atoms with van der Waals surface area (Å²) in [6, 6.07) is 8.97. The molecule has 0 N–H and O–H groups in total. The predicted molar refractivity (Wildman–Crippen MR) is 46.2 cm³/mol. The van der Waals surface area contributed by atoms with Crippen molar-refractivity contribution in [3.8, 4) is 0 Å². The smallest absolute Gasteiger partial charge is 0.204 e. The van der Waals surface area contributed by atoms with Gasteiger partial charge in [0.25, 0.3) is 0 Å². The SMILES string of the molecule is Fc1cc2ccccc2n1Br. The summed E-state index contributed by atoms with van der Waals surface area (Å²) in [4.78, 5) is 0. The van der Waals surface area contributed by atoms with E-state index in [1.165, 1.54) is 9.66 Å². The minimum absolute atomic E-state index is 0.272. The van der Waals surface area contributed by atoms with Gasteiger partial charge in [-0.3, -0.25) is 3.59 Å². The molecule has 0 spiro atoms. The van der Waals surface area contributed by atoms with Crippen molar-refractivity contribution in [2.24, 2.45) is 0 Å². The summed E-state index contributed by atoms with van der Waals surface area (Å²) < 4.78 is 14.2. The van der Waals surface area contributed by atoms with Crippen LogP contribution in [0.1, 0.15) is 0 Å². The lowest BCUT2D eigenvalue weighted by atomic mass is 10.3. The number of hydrogen-bond donors (Lipinski definition) is 0. The van der Waals surface area contributed by atoms with Crippen LogP contribution in [0, 0.1) is 5.95 Å². The highest BCUT2D eigenvalue weighted by Crippen LogP contribution is 2.19. The summed E-state index contributed by atoms with van der Waals surface area (Å²) >= 11 is 3.09. The van der Waals surface area contributed by atoms with Gasteiger partial charge in [0.2, 0.25) is 5.95 Å². The highest BCUT2D eigenvalue weighted by molar-refractivity contribution is 9.08. The standard InChI is InChI=1S/C8H5BrFN/c9-11-7-4-2-1-3-6(7)5-8(11)10/h1-5H. The molecule has 56 valence electrons. The van der Waals surface area contributed by atoms with Gasteiger partial charge < -0.3 is 0 Å². The minimum Gasteiger partial charge on any atom is -0.252 e. The van der Waals surface area contributed by atoms with Gasteiger partial charge in [-0.2, -0.15) is 4.39 Å². The van der Waals surface area contributed by atoms with Gasteiger partial charge in [0, 0.05) is 11.5 Å². The van der Waals surface area contributed by atoms with Gasteiger partial charge in [0.1, 0.15) is 0 Å². The molecule has 0 aliphatic rings. The zero-order valence-electron chi connectivity index (χ0n) is 5.59. The van der Waals surface area contributed by atoms with Gasteiger partial charge in [-0.1, -0.05) is 18.2 Å². The van der Waals surface area contributed by atoms with E-state index in [1.807, 2.05) is 24.3 Å². The van der Waals surface area contributed by atoms with Crippen LogP contribution < -0.4 is 0 Å². The van der Waals surface area contributed by atoms with E-state index in [0.29, 0.717) is 0 Å². The molecule has 0 aliphatic heterocycles. The van der Waals surface area contributed by atoms with E-state index in [1.54, 1.807) is 0 Å². The Bertz CT molecular complexity index is 394. The monoisotopic (exact) mass is 213 g/mol. The van der Waals surface area contributed by atoms with E-state index in [9.17, 15) is 4.39 Å². The van der Waals surface area contributed by atoms with Crippen molar-refractivity contribution in [2.75, 3.05) is 0 Å². The van der Waals surface area contributed by atoms with Gasteiger partial charge >= 0.3 is 0 Å². The third-order valence-electron chi connectivity index (χ3n) is 1.61. The molecule has 11 heavy (non-hydrogen) atoms. The average Bonchev–Trinajstić information content (AvgIpc) is 2.30. The number of rotatable bonds is 0. The van der Waals surface area contributed by atoms with Crippen molar-refractivity contribution in [2.45, 2.75) is 0 Å². The van der Waals surface area contributed by atoms with Gasteiger partial charge in [-0.25, -0.2) is 0 Å². The Hall–Kier alpha value is -0.830. The zero-order chi connectivity index (χ0) is 7.84. The van der Waals surface area contributed by atoms with Gasteiger partial charge in [0.15, 0.2) is 0 Å². The minimum atomic E-state index is -0.272. The molecule has 0 aliphatic carbocycles. The molecule has 2 rings (SSSR count). The molecule has 0 amide bonds. The third kappa shape index (κ3) is 0.959. The normalized spacial score (nSPS) is 10.7. The van der Waals surface area contributed by atoms with Crippen molar-refractivity contribution in [1.82, 2.24) is 3.59 Å².